The van der Waals surface area contributed by atoms with Crippen molar-refractivity contribution in [1.29, 1.82) is 0 Å². The zero-order valence-electron chi connectivity index (χ0n) is 8.25. The molecule has 82 valence electrons. The highest BCUT2D eigenvalue weighted by molar-refractivity contribution is 5.83. The van der Waals surface area contributed by atoms with Gasteiger partial charge in [0.1, 0.15) is 0 Å². The zero-order valence-corrected chi connectivity index (χ0v) is 8.25. The Morgan fingerprint density at radius 2 is 2.00 bits per heavy atom. The summed E-state index contributed by atoms with van der Waals surface area (Å²) in [6, 6.07) is -0.388. The van der Waals surface area contributed by atoms with Crippen molar-refractivity contribution in [2.45, 2.75) is 25.3 Å². The van der Waals surface area contributed by atoms with Gasteiger partial charge in [0, 0.05) is 6.42 Å². The molecule has 0 bridgehead atoms. The van der Waals surface area contributed by atoms with E-state index >= 15 is 0 Å². The summed E-state index contributed by atoms with van der Waals surface area (Å²) >= 11 is 0. The van der Waals surface area contributed by atoms with Gasteiger partial charge in [0.25, 0.3) is 5.91 Å². The number of carboxylic acids is 1. The molecule has 0 spiro atoms. The van der Waals surface area contributed by atoms with Crippen LogP contribution in [0.25, 0.3) is 0 Å². The summed E-state index contributed by atoms with van der Waals surface area (Å²) in [5.41, 5.74) is 7.32. The lowest BCUT2D eigenvalue weighted by molar-refractivity contribution is -0.406. The summed E-state index contributed by atoms with van der Waals surface area (Å²) in [6.45, 7) is 0.396. The standard InChI is InChI=1S/C8H17N3O3/c9-4-2-1-3-6(10)8(14)11-5-7(12)13/h6H,1-5,9-10H2,(H,11,14)(H,12,13)/p+1/t6-/m0/s1. The van der Waals surface area contributed by atoms with Crippen LogP contribution in [0.1, 0.15) is 19.3 Å². The predicted molar refractivity (Wildman–Crippen MR) is 46.3 cm³/mol. The van der Waals surface area contributed by atoms with E-state index in [0.717, 1.165) is 19.4 Å². The maximum absolute atomic E-state index is 11.2. The van der Waals surface area contributed by atoms with Crippen molar-refractivity contribution in [2.24, 2.45) is 0 Å². The van der Waals surface area contributed by atoms with Crippen LogP contribution in [0.4, 0.5) is 0 Å². The summed E-state index contributed by atoms with van der Waals surface area (Å²) in [7, 11) is 0. The number of hydrogen-bond donors (Lipinski definition) is 3. The van der Waals surface area contributed by atoms with Gasteiger partial charge in [-0.15, -0.1) is 0 Å². The summed E-state index contributed by atoms with van der Waals surface area (Å²) in [6.07, 6.45) is 2.50. The maximum atomic E-state index is 11.2. The molecule has 0 radical (unpaired) electrons. The second-order valence-corrected chi connectivity index (χ2v) is 3.14. The number of rotatable bonds is 7. The molecule has 1 amide bonds. The van der Waals surface area contributed by atoms with Gasteiger partial charge in [0.05, 0.1) is 19.1 Å². The minimum Gasteiger partial charge on any atom is -0.548 e. The molecule has 0 aromatic rings. The van der Waals surface area contributed by atoms with Gasteiger partial charge in [-0.25, -0.2) is 0 Å². The molecular formula is C8H18N3O3+. The second kappa shape index (κ2) is 7.28. The molecule has 0 saturated heterocycles. The molecule has 0 unspecified atom stereocenters. The fourth-order valence-corrected chi connectivity index (χ4v) is 1.00. The lowest BCUT2D eigenvalue weighted by Gasteiger charge is -2.09. The van der Waals surface area contributed by atoms with Crippen LogP contribution in [0.3, 0.4) is 0 Å². The maximum Gasteiger partial charge on any atom is 0.278 e. The first-order valence-electron chi connectivity index (χ1n) is 4.67. The number of carbonyl (C=O) groups is 2. The number of aliphatic carboxylic acids is 1. The third kappa shape index (κ3) is 6.38. The summed E-state index contributed by atoms with van der Waals surface area (Å²) in [4.78, 5) is 21.2. The first kappa shape index (κ1) is 12.9. The molecule has 0 fully saturated rings. The van der Waals surface area contributed by atoms with Gasteiger partial charge in [-0.3, -0.25) is 4.79 Å². The Bertz CT molecular complexity index is 196. The quantitative estimate of drug-likeness (QED) is 0.365. The normalized spacial score (nSPS) is 12.1. The van der Waals surface area contributed by atoms with Crippen LogP contribution in [0.15, 0.2) is 0 Å². The minimum absolute atomic E-state index is 0.335. The first-order chi connectivity index (χ1) is 6.57. The monoisotopic (exact) mass is 204 g/mol. The van der Waals surface area contributed by atoms with Gasteiger partial charge in [0.2, 0.25) is 0 Å². The van der Waals surface area contributed by atoms with E-state index in [1.165, 1.54) is 0 Å². The molecule has 0 aromatic heterocycles. The molecule has 6 heteroatoms. The third-order valence-electron chi connectivity index (χ3n) is 1.83. The van der Waals surface area contributed by atoms with Crippen molar-refractivity contribution in [3.63, 3.8) is 0 Å². The molecule has 0 rings (SSSR count). The molecule has 7 N–H and O–H groups in total. The summed E-state index contributed by atoms with van der Waals surface area (Å²) < 4.78 is 0. The van der Waals surface area contributed by atoms with E-state index in [2.05, 4.69) is 16.8 Å². The lowest BCUT2D eigenvalue weighted by atomic mass is 10.1. The van der Waals surface area contributed by atoms with Gasteiger partial charge in [0.15, 0.2) is 6.04 Å². The first-order valence-corrected chi connectivity index (χ1v) is 4.67. The smallest absolute Gasteiger partial charge is 0.278 e. The summed E-state index contributed by atoms with van der Waals surface area (Å²) in [5, 5.41) is 12.3. The topological polar surface area (TPSA) is 125 Å². The number of carbonyl (C=O) groups excluding carboxylic acids is 2. The minimum atomic E-state index is -1.29. The van der Waals surface area contributed by atoms with E-state index in [-0.39, 0.29) is 11.9 Å². The molecule has 0 aliphatic rings. The van der Waals surface area contributed by atoms with Crippen LogP contribution in [-0.2, 0) is 9.59 Å². The van der Waals surface area contributed by atoms with Gasteiger partial charge >= 0.3 is 0 Å². The molecule has 6 nitrogen and oxygen atoms in total. The highest BCUT2D eigenvalue weighted by atomic mass is 16.4. The van der Waals surface area contributed by atoms with Crippen molar-refractivity contribution >= 4 is 11.9 Å². The Morgan fingerprint density at radius 1 is 1.36 bits per heavy atom. The van der Waals surface area contributed by atoms with Crippen LogP contribution < -0.4 is 21.9 Å². The predicted octanol–water partition coefficient (Wildman–Crippen LogP) is -4.12. The van der Waals surface area contributed by atoms with Crippen LogP contribution in [0, 0.1) is 0 Å². The number of amides is 1. The number of quaternary nitrogens is 2. The Balaban J connectivity index is 3.59. The van der Waals surface area contributed by atoms with Gasteiger partial charge in [-0.2, -0.15) is 0 Å². The molecule has 0 aliphatic carbocycles. The molecule has 0 aromatic carbocycles. The Hall–Kier alpha value is -1.14. The Morgan fingerprint density at radius 3 is 2.50 bits per heavy atom. The Labute approximate surface area is 82.6 Å². The second-order valence-electron chi connectivity index (χ2n) is 3.14. The number of unbranched alkanes of at least 4 members (excludes halogenated alkanes) is 1. The van der Waals surface area contributed by atoms with Crippen molar-refractivity contribution < 1.29 is 26.2 Å². The van der Waals surface area contributed by atoms with Crippen LogP contribution >= 0.6 is 0 Å². The average molecular weight is 204 g/mol. The highest BCUT2D eigenvalue weighted by Gasteiger charge is 2.15. The molecule has 14 heavy (non-hydrogen) atoms. The zero-order chi connectivity index (χ0) is 11.0. The van der Waals surface area contributed by atoms with Gasteiger partial charge in [-0.05, 0) is 12.8 Å². The van der Waals surface area contributed by atoms with Crippen molar-refractivity contribution in [1.82, 2.24) is 5.32 Å². The lowest BCUT2D eigenvalue weighted by Crippen LogP contribution is -2.67. The Kier molecular flexibility index (Phi) is 6.69. The van der Waals surface area contributed by atoms with E-state index in [0.29, 0.717) is 6.42 Å². The number of hydrogen-bond acceptors (Lipinski definition) is 3. The van der Waals surface area contributed by atoms with Gasteiger partial charge in [-0.1, -0.05) is 0 Å². The molecule has 0 heterocycles. The van der Waals surface area contributed by atoms with E-state index in [4.69, 9.17) is 0 Å². The van der Waals surface area contributed by atoms with E-state index in [1.54, 1.807) is 0 Å². The average Bonchev–Trinajstić information content (AvgIpc) is 2.14. The van der Waals surface area contributed by atoms with Crippen molar-refractivity contribution in [2.75, 3.05) is 13.1 Å². The van der Waals surface area contributed by atoms with E-state index < -0.39 is 12.5 Å². The molecular weight excluding hydrogens is 186 g/mol. The molecule has 0 aliphatic heterocycles. The summed E-state index contributed by atoms with van der Waals surface area (Å²) in [5.74, 6) is -1.62. The van der Waals surface area contributed by atoms with Crippen LogP contribution in [0.2, 0.25) is 0 Å². The highest BCUT2D eigenvalue weighted by Crippen LogP contribution is 1.95. The molecule has 0 saturated carbocycles. The van der Waals surface area contributed by atoms with E-state index in [1.807, 2.05) is 0 Å². The van der Waals surface area contributed by atoms with Crippen LogP contribution in [-0.4, -0.2) is 31.0 Å². The number of carboxylic acid groups (broad SMARTS) is 1. The fraction of sp³-hybridized carbons (Fsp3) is 0.750. The van der Waals surface area contributed by atoms with Crippen molar-refractivity contribution in [3.05, 3.63) is 0 Å². The van der Waals surface area contributed by atoms with Crippen molar-refractivity contribution in [3.8, 4) is 0 Å². The van der Waals surface area contributed by atoms with Crippen LogP contribution in [0.5, 0.6) is 0 Å². The fourth-order valence-electron chi connectivity index (χ4n) is 1.00. The largest absolute Gasteiger partial charge is 0.548 e. The number of nitrogens with one attached hydrogen (secondary N) is 1. The van der Waals surface area contributed by atoms with Gasteiger partial charge < -0.3 is 26.7 Å². The molecule has 1 atom stereocenters. The van der Waals surface area contributed by atoms with E-state index in [9.17, 15) is 14.7 Å². The SMILES string of the molecule is [NH3+]CCCC[C@H]([NH3+])C(=O)NCC(=O)[O-]. The third-order valence-corrected chi connectivity index (χ3v) is 1.83.